The summed E-state index contributed by atoms with van der Waals surface area (Å²) in [5.74, 6) is 0. The fourth-order valence-corrected chi connectivity index (χ4v) is 0. The van der Waals surface area contributed by atoms with Crippen LogP contribution in [0.2, 0.25) is 0 Å². The van der Waals surface area contributed by atoms with Crippen LogP contribution in [0.3, 0.4) is 0 Å². The van der Waals surface area contributed by atoms with E-state index in [2.05, 4.69) is 0 Å². The first-order valence-electron chi connectivity index (χ1n) is 0. The molecule has 6 heteroatoms. The molecule has 0 heterocycles. The predicted octanol–water partition coefficient (Wildman–Crippen LogP) is -2.22. The summed E-state index contributed by atoms with van der Waals surface area (Å²) in [7, 11) is 0. The quantitative estimate of drug-likeness (QED) is 0.445. The summed E-state index contributed by atoms with van der Waals surface area (Å²) in [5, 5.41) is 0. The van der Waals surface area contributed by atoms with E-state index in [1.807, 2.05) is 0 Å². The van der Waals surface area contributed by atoms with Crippen LogP contribution in [0.25, 0.3) is 0 Å². The average molecular weight is 312 g/mol. The number of hydrogen-bond acceptors (Lipinski definition) is 0. The van der Waals surface area contributed by atoms with Gasteiger partial charge in [-0.1, -0.05) is 0 Å². The molecule has 0 aromatic heterocycles. The zero-order chi connectivity index (χ0) is 0. The van der Waals surface area contributed by atoms with Gasteiger partial charge in [0.15, 0.2) is 0 Å². The van der Waals surface area contributed by atoms with Crippen LogP contribution >= 0.6 is 0 Å². The Morgan fingerprint density at radius 2 is 1.00 bits per heavy atom. The van der Waals surface area contributed by atoms with Crippen molar-refractivity contribution in [2.45, 2.75) is 0 Å². The normalized spacial score (nSPS) is 0. The minimum atomic E-state index is 0. The Kier molecular flexibility index (Phi) is 272. The Morgan fingerprint density at radius 3 is 1.00 bits per heavy atom. The molecule has 0 aliphatic carbocycles. The second-order valence-electron chi connectivity index (χ2n) is 0. The SMILES string of the molecule is [Al].[CaH2].[MgH2].[Mn].[Mo].[Zn]. The molecule has 0 nitrogen and oxygen atoms in total. The van der Waals surface area contributed by atoms with Crippen LogP contribution in [0.5, 0.6) is 0 Å². The van der Waals surface area contributed by atoms with Crippen LogP contribution in [-0.2, 0) is 57.6 Å². The van der Waals surface area contributed by atoms with Gasteiger partial charge in [0.2, 0.25) is 0 Å². The second-order valence-corrected chi connectivity index (χ2v) is 0. The Labute approximate surface area is 132 Å². The van der Waals surface area contributed by atoms with Gasteiger partial charge in [0.25, 0.3) is 0 Å². The summed E-state index contributed by atoms with van der Waals surface area (Å²) < 4.78 is 0. The van der Waals surface area contributed by atoms with Gasteiger partial charge in [0.1, 0.15) is 0 Å². The van der Waals surface area contributed by atoms with Gasteiger partial charge < -0.3 is 0 Å². The molecular formula is H4AlCaMgMnMoZn. The topological polar surface area (TPSA) is 0 Å². The van der Waals surface area contributed by atoms with Crippen molar-refractivity contribution in [2.24, 2.45) is 0 Å². The molecule has 26 valence electrons. The molecule has 0 aromatic carbocycles. The van der Waals surface area contributed by atoms with Crippen LogP contribution in [-0.4, -0.2) is 78.2 Å². The van der Waals surface area contributed by atoms with E-state index in [9.17, 15) is 0 Å². The minimum absolute atomic E-state index is 0. The molecule has 0 spiro atoms. The molecule has 6 heavy (non-hydrogen) atoms. The summed E-state index contributed by atoms with van der Waals surface area (Å²) in [5.41, 5.74) is 0. The van der Waals surface area contributed by atoms with Crippen molar-refractivity contribution in [3.05, 3.63) is 0 Å². The minimum Gasteiger partial charge on any atom is 0 e. The third-order valence-electron chi connectivity index (χ3n) is 0. The molecule has 0 saturated heterocycles. The average Bonchev–Trinajstić information content (AvgIpc) is 0. The van der Waals surface area contributed by atoms with E-state index in [-0.39, 0.29) is 136 Å². The van der Waals surface area contributed by atoms with E-state index < -0.39 is 0 Å². The van der Waals surface area contributed by atoms with Gasteiger partial charge in [0.05, 0.1) is 0 Å². The van der Waals surface area contributed by atoms with Gasteiger partial charge in [-0.05, 0) is 0 Å². The van der Waals surface area contributed by atoms with Crippen LogP contribution in [0.4, 0.5) is 0 Å². The van der Waals surface area contributed by atoms with Gasteiger partial charge >= 0.3 is 60.8 Å². The van der Waals surface area contributed by atoms with Crippen LogP contribution in [0.15, 0.2) is 0 Å². The maximum atomic E-state index is 0. The second kappa shape index (κ2) is 34.3. The van der Waals surface area contributed by atoms with E-state index in [0.717, 1.165) is 0 Å². The molecule has 0 saturated carbocycles. The molecule has 0 N–H and O–H groups in total. The third-order valence-corrected chi connectivity index (χ3v) is 0. The standard InChI is InChI=1S/Al.Ca.Mg.Mn.Mo.Zn.4H. The fourth-order valence-electron chi connectivity index (χ4n) is 0. The summed E-state index contributed by atoms with van der Waals surface area (Å²) in [4.78, 5) is 0. The van der Waals surface area contributed by atoms with Crippen molar-refractivity contribution in [3.63, 3.8) is 0 Å². The Hall–Kier alpha value is 4.39. The zero-order valence-electron chi connectivity index (χ0n) is 2.07. The zero-order valence-corrected chi connectivity index (χ0v) is 9.38. The Balaban J connectivity index is 0. The van der Waals surface area contributed by atoms with Gasteiger partial charge in [-0.25, -0.2) is 0 Å². The molecular weight excluding hydrogens is 308 g/mol. The summed E-state index contributed by atoms with van der Waals surface area (Å²) in [6, 6.07) is 0. The molecule has 0 aliphatic rings. The molecule has 0 unspecified atom stereocenters. The summed E-state index contributed by atoms with van der Waals surface area (Å²) in [6.45, 7) is 0. The van der Waals surface area contributed by atoms with Crippen molar-refractivity contribution >= 4 is 78.2 Å². The van der Waals surface area contributed by atoms with Gasteiger partial charge in [0, 0.05) is 75.0 Å². The van der Waals surface area contributed by atoms with Gasteiger partial charge in [-0.15, -0.1) is 0 Å². The van der Waals surface area contributed by atoms with Crippen molar-refractivity contribution in [3.8, 4) is 0 Å². The van der Waals surface area contributed by atoms with Gasteiger partial charge in [-0.3, -0.25) is 0 Å². The smallest absolute Gasteiger partial charge is 0 e. The number of rotatable bonds is 0. The van der Waals surface area contributed by atoms with E-state index in [0.29, 0.717) is 0 Å². The van der Waals surface area contributed by atoms with Crippen LogP contribution in [0, 0.1) is 0 Å². The van der Waals surface area contributed by atoms with E-state index in [4.69, 9.17) is 0 Å². The monoisotopic (exact) mass is 312 g/mol. The Bertz CT molecular complexity index is 15.5. The first-order chi connectivity index (χ1) is 0. The molecule has 0 aliphatic heterocycles. The van der Waals surface area contributed by atoms with Crippen LogP contribution < -0.4 is 0 Å². The van der Waals surface area contributed by atoms with Crippen molar-refractivity contribution in [1.29, 1.82) is 0 Å². The largest absolute Gasteiger partial charge is 0.316 e. The maximum Gasteiger partial charge on any atom is 0.316 e. The first kappa shape index (κ1) is 47.5. The van der Waals surface area contributed by atoms with E-state index in [1.54, 1.807) is 0 Å². The molecule has 0 rings (SSSR count). The van der Waals surface area contributed by atoms with E-state index in [1.165, 1.54) is 0 Å². The van der Waals surface area contributed by atoms with Crippen molar-refractivity contribution in [1.82, 2.24) is 0 Å². The molecule has 0 bridgehead atoms. The third kappa shape index (κ3) is 23.8. The van der Waals surface area contributed by atoms with E-state index >= 15 is 0 Å². The fraction of sp³-hybridized carbons (Fsp3) is 0. The molecule has 0 fully saturated rings. The van der Waals surface area contributed by atoms with Crippen LogP contribution in [0.1, 0.15) is 0 Å². The first-order valence-corrected chi connectivity index (χ1v) is 0. The molecule has 0 amide bonds. The summed E-state index contributed by atoms with van der Waals surface area (Å²) >= 11 is 0. The molecule has 0 atom stereocenters. The van der Waals surface area contributed by atoms with Gasteiger partial charge in [-0.2, -0.15) is 0 Å². The maximum absolute atomic E-state index is 0. The summed E-state index contributed by atoms with van der Waals surface area (Å²) in [6.07, 6.45) is 0. The molecule has 0 aromatic rings. The van der Waals surface area contributed by atoms with Crippen molar-refractivity contribution in [2.75, 3.05) is 0 Å². The number of hydrogen-bond donors (Lipinski definition) is 0. The predicted molar refractivity (Wildman–Crippen MR) is 22.8 cm³/mol. The van der Waals surface area contributed by atoms with Crippen molar-refractivity contribution < 1.29 is 57.6 Å². The Morgan fingerprint density at radius 1 is 1.00 bits per heavy atom. The molecule has 4 radical (unpaired) electrons.